The van der Waals surface area contributed by atoms with Crippen LogP contribution in [-0.2, 0) is 4.74 Å². The molecule has 0 unspecified atom stereocenters. The summed E-state index contributed by atoms with van der Waals surface area (Å²) >= 11 is 15.1. The predicted molar refractivity (Wildman–Crippen MR) is 130 cm³/mol. The van der Waals surface area contributed by atoms with E-state index >= 15 is 0 Å². The number of ether oxygens (including phenoxy) is 1. The highest BCUT2D eigenvalue weighted by molar-refractivity contribution is 7.22. The Labute approximate surface area is 200 Å². The van der Waals surface area contributed by atoms with Gasteiger partial charge in [0.25, 0.3) is 5.91 Å². The molecule has 3 heterocycles. The van der Waals surface area contributed by atoms with Crippen molar-refractivity contribution < 1.29 is 9.53 Å². The molecule has 4 rings (SSSR count). The smallest absolute Gasteiger partial charge is 0.262 e. The topological polar surface area (TPSA) is 45.7 Å². The number of aryl methyl sites for hydroxylation is 2. The zero-order chi connectivity index (χ0) is 20.5. The van der Waals surface area contributed by atoms with E-state index in [4.69, 9.17) is 32.9 Å². The maximum Gasteiger partial charge on any atom is 0.262 e. The minimum atomic E-state index is -0.166. The number of hydrogen-bond acceptors (Lipinski definition) is 6. The molecule has 0 atom stereocenters. The lowest BCUT2D eigenvalue weighted by atomic mass is 10.1. The van der Waals surface area contributed by atoms with Gasteiger partial charge in [-0.2, -0.15) is 0 Å². The van der Waals surface area contributed by atoms with Gasteiger partial charge in [-0.05, 0) is 31.0 Å². The van der Waals surface area contributed by atoms with Crippen LogP contribution in [0.25, 0.3) is 10.2 Å². The summed E-state index contributed by atoms with van der Waals surface area (Å²) in [5.41, 5.74) is 3.64. The van der Waals surface area contributed by atoms with Gasteiger partial charge in [0.05, 0.1) is 33.3 Å². The Morgan fingerprint density at radius 2 is 1.90 bits per heavy atom. The Balaban J connectivity index is 0.00000256. The highest BCUT2D eigenvalue weighted by atomic mass is 35.5. The molecular weight excluding hydrogens is 485 g/mol. The number of aromatic nitrogens is 1. The van der Waals surface area contributed by atoms with E-state index in [0.717, 1.165) is 54.2 Å². The number of nitrogens with zero attached hydrogens (tertiary/aromatic N) is 3. The summed E-state index contributed by atoms with van der Waals surface area (Å²) in [4.78, 5) is 22.3. The Hall–Kier alpha value is -0.930. The molecule has 3 aromatic rings. The molecule has 30 heavy (non-hydrogen) atoms. The second kappa shape index (κ2) is 10.1. The first kappa shape index (κ1) is 23.7. The molecule has 1 fully saturated rings. The number of anilines is 1. The van der Waals surface area contributed by atoms with Crippen LogP contribution in [0.15, 0.2) is 18.2 Å². The lowest BCUT2D eigenvalue weighted by Gasteiger charge is -2.29. The highest BCUT2D eigenvalue weighted by Gasteiger charge is 2.26. The maximum atomic E-state index is 13.4. The zero-order valence-electron chi connectivity index (χ0n) is 16.6. The molecule has 0 aliphatic carbocycles. The Kier molecular flexibility index (Phi) is 8.01. The average Bonchev–Trinajstić information content (AvgIpc) is 3.30. The molecule has 1 aliphatic rings. The summed E-state index contributed by atoms with van der Waals surface area (Å²) in [5.74, 6) is -0.166. The number of carbonyl (C=O) groups excluding carboxylic acids is 1. The quantitative estimate of drug-likeness (QED) is 0.446. The molecule has 0 radical (unpaired) electrons. The first-order valence-electron chi connectivity index (χ1n) is 9.37. The fourth-order valence-corrected chi connectivity index (χ4v) is 5.93. The minimum absolute atomic E-state index is 0. The largest absolute Gasteiger partial charge is 0.379 e. The summed E-state index contributed by atoms with van der Waals surface area (Å²) in [6.45, 7) is 8.56. The maximum absolute atomic E-state index is 13.4. The summed E-state index contributed by atoms with van der Waals surface area (Å²) < 4.78 is 7.45. The number of thiazole rings is 1. The van der Waals surface area contributed by atoms with Gasteiger partial charge in [-0.25, -0.2) is 4.98 Å². The van der Waals surface area contributed by atoms with E-state index in [1.807, 2.05) is 6.92 Å². The van der Waals surface area contributed by atoms with E-state index in [1.54, 1.807) is 22.3 Å². The standard InChI is InChI=1S/C20H21Cl2N3O2S2.ClH/c1-12-3-4-13(2)17-16(12)23-20(29-17)25(6-5-24-7-9-27-10-8-24)19(26)14-11-15(21)28-18(14)22;/h3-4,11H,5-10H2,1-2H3;1H. The van der Waals surface area contributed by atoms with Crippen molar-refractivity contribution >= 4 is 79.5 Å². The Morgan fingerprint density at radius 1 is 1.20 bits per heavy atom. The molecule has 162 valence electrons. The molecule has 0 bridgehead atoms. The predicted octanol–water partition coefficient (Wildman–Crippen LogP) is 5.68. The highest BCUT2D eigenvalue weighted by Crippen LogP contribution is 2.36. The second-order valence-electron chi connectivity index (χ2n) is 7.02. The molecule has 0 saturated carbocycles. The van der Waals surface area contributed by atoms with Crippen molar-refractivity contribution in [2.45, 2.75) is 13.8 Å². The van der Waals surface area contributed by atoms with Gasteiger partial charge in [-0.3, -0.25) is 14.6 Å². The molecular formula is C20H22Cl3N3O2S2. The summed E-state index contributed by atoms with van der Waals surface area (Å²) in [6, 6.07) is 5.80. The summed E-state index contributed by atoms with van der Waals surface area (Å²) in [6.07, 6.45) is 0. The number of halogens is 3. The van der Waals surface area contributed by atoms with Crippen LogP contribution in [-0.4, -0.2) is 55.2 Å². The number of fused-ring (bicyclic) bond motifs is 1. The van der Waals surface area contributed by atoms with E-state index < -0.39 is 0 Å². The first-order chi connectivity index (χ1) is 13.9. The van der Waals surface area contributed by atoms with Gasteiger partial charge in [-0.15, -0.1) is 23.7 Å². The van der Waals surface area contributed by atoms with E-state index in [0.29, 0.717) is 25.9 Å². The van der Waals surface area contributed by atoms with Crippen molar-refractivity contribution in [3.63, 3.8) is 0 Å². The Bertz CT molecular complexity index is 1010. The minimum Gasteiger partial charge on any atom is -0.379 e. The van der Waals surface area contributed by atoms with Gasteiger partial charge < -0.3 is 4.74 Å². The number of thiophene rings is 1. The molecule has 0 spiro atoms. The van der Waals surface area contributed by atoms with Crippen molar-refractivity contribution in [3.8, 4) is 0 Å². The molecule has 1 saturated heterocycles. The van der Waals surface area contributed by atoms with Crippen LogP contribution in [0.4, 0.5) is 5.13 Å². The first-order valence-corrected chi connectivity index (χ1v) is 11.8. The molecule has 1 aliphatic heterocycles. The van der Waals surface area contributed by atoms with E-state index in [9.17, 15) is 4.79 Å². The van der Waals surface area contributed by atoms with Crippen molar-refractivity contribution in [2.24, 2.45) is 0 Å². The normalized spacial score (nSPS) is 14.7. The van der Waals surface area contributed by atoms with Crippen LogP contribution in [0, 0.1) is 13.8 Å². The van der Waals surface area contributed by atoms with E-state index in [2.05, 4.69) is 24.0 Å². The SMILES string of the molecule is Cc1ccc(C)c2sc(N(CCN3CCOCC3)C(=O)c3cc(Cl)sc3Cl)nc12.Cl. The van der Waals surface area contributed by atoms with Crippen LogP contribution in [0.2, 0.25) is 8.67 Å². The molecule has 5 nitrogen and oxygen atoms in total. The van der Waals surface area contributed by atoms with Crippen LogP contribution in [0.1, 0.15) is 21.5 Å². The molecule has 1 aromatic carbocycles. The van der Waals surface area contributed by atoms with Gasteiger partial charge >= 0.3 is 0 Å². The summed E-state index contributed by atoms with van der Waals surface area (Å²) in [5, 5.41) is 0.689. The average molecular weight is 507 g/mol. The number of amides is 1. The molecule has 1 amide bonds. The number of benzene rings is 1. The van der Waals surface area contributed by atoms with Gasteiger partial charge in [0, 0.05) is 26.2 Å². The number of hydrogen-bond donors (Lipinski definition) is 0. The van der Waals surface area contributed by atoms with Crippen molar-refractivity contribution in [3.05, 3.63) is 43.6 Å². The van der Waals surface area contributed by atoms with Crippen molar-refractivity contribution in [2.75, 3.05) is 44.3 Å². The van der Waals surface area contributed by atoms with Gasteiger partial charge in [-0.1, -0.05) is 46.7 Å². The van der Waals surface area contributed by atoms with E-state index in [1.165, 1.54) is 11.3 Å². The van der Waals surface area contributed by atoms with E-state index in [-0.39, 0.29) is 18.3 Å². The van der Waals surface area contributed by atoms with Crippen molar-refractivity contribution in [1.82, 2.24) is 9.88 Å². The summed E-state index contributed by atoms with van der Waals surface area (Å²) in [7, 11) is 0. The molecule has 0 N–H and O–H groups in total. The third-order valence-electron chi connectivity index (χ3n) is 5.04. The number of carbonyl (C=O) groups is 1. The van der Waals surface area contributed by atoms with Crippen LogP contribution in [0.3, 0.4) is 0 Å². The lowest BCUT2D eigenvalue weighted by Crippen LogP contribution is -2.43. The number of morpholine rings is 1. The van der Waals surface area contributed by atoms with Crippen molar-refractivity contribution in [1.29, 1.82) is 0 Å². The van der Waals surface area contributed by atoms with Crippen LogP contribution in [0.5, 0.6) is 0 Å². The lowest BCUT2D eigenvalue weighted by molar-refractivity contribution is 0.0391. The fraction of sp³-hybridized carbons (Fsp3) is 0.400. The van der Waals surface area contributed by atoms with Crippen LogP contribution >= 0.6 is 58.3 Å². The van der Waals surface area contributed by atoms with Gasteiger partial charge in [0.1, 0.15) is 4.34 Å². The monoisotopic (exact) mass is 505 g/mol. The molecule has 2 aromatic heterocycles. The molecule has 10 heteroatoms. The van der Waals surface area contributed by atoms with Gasteiger partial charge in [0.2, 0.25) is 0 Å². The van der Waals surface area contributed by atoms with Crippen LogP contribution < -0.4 is 4.90 Å². The third-order valence-corrected chi connectivity index (χ3v) is 7.74. The van der Waals surface area contributed by atoms with Gasteiger partial charge in [0.15, 0.2) is 5.13 Å². The third kappa shape index (κ3) is 4.93. The zero-order valence-corrected chi connectivity index (χ0v) is 20.6. The number of rotatable bonds is 5. The Morgan fingerprint density at radius 3 is 2.53 bits per heavy atom. The second-order valence-corrected chi connectivity index (χ2v) is 10.3. The fourth-order valence-electron chi connectivity index (χ4n) is 3.35.